The summed E-state index contributed by atoms with van der Waals surface area (Å²) in [5.74, 6) is -2.32. The fraction of sp³-hybridized carbons (Fsp3) is 0.235. The zero-order valence-corrected chi connectivity index (χ0v) is 13.6. The third-order valence-electron chi connectivity index (χ3n) is 4.00. The molecule has 8 heteroatoms. The number of rotatable bonds is 3. The summed E-state index contributed by atoms with van der Waals surface area (Å²) in [7, 11) is 1.28. The molecule has 1 aromatic carbocycles. The number of carbonyl (C=O) groups is 1. The molecule has 25 heavy (non-hydrogen) atoms. The maximum absolute atomic E-state index is 13.8. The molecular formula is C17H15F2N3O3. The number of ketones is 1. The van der Waals surface area contributed by atoms with E-state index in [0.717, 1.165) is 22.8 Å². The van der Waals surface area contributed by atoms with Crippen molar-refractivity contribution in [2.45, 2.75) is 19.9 Å². The Kier molecular flexibility index (Phi) is 4.12. The summed E-state index contributed by atoms with van der Waals surface area (Å²) in [5.41, 5.74) is -2.08. The molecule has 1 aromatic heterocycles. The Labute approximate surface area is 141 Å². The van der Waals surface area contributed by atoms with Crippen LogP contribution in [0.1, 0.15) is 29.3 Å². The number of nitrogens with one attached hydrogen (secondary N) is 1. The third-order valence-corrected chi connectivity index (χ3v) is 4.00. The van der Waals surface area contributed by atoms with Gasteiger partial charge in [-0.05, 0) is 24.6 Å². The number of aromatic nitrogens is 2. The van der Waals surface area contributed by atoms with Crippen LogP contribution in [0, 0.1) is 11.6 Å². The van der Waals surface area contributed by atoms with Crippen molar-refractivity contribution in [2.75, 3.05) is 5.32 Å². The van der Waals surface area contributed by atoms with Crippen molar-refractivity contribution >= 4 is 17.7 Å². The lowest BCUT2D eigenvalue weighted by molar-refractivity contribution is 0.104. The normalized spacial score (nSPS) is 14.7. The van der Waals surface area contributed by atoms with Crippen molar-refractivity contribution in [2.24, 2.45) is 7.05 Å². The van der Waals surface area contributed by atoms with Crippen LogP contribution >= 0.6 is 0 Å². The van der Waals surface area contributed by atoms with E-state index in [1.807, 2.05) is 6.92 Å². The van der Waals surface area contributed by atoms with Crippen molar-refractivity contribution < 1.29 is 13.6 Å². The molecule has 0 saturated heterocycles. The lowest BCUT2D eigenvalue weighted by Crippen LogP contribution is -2.40. The molecule has 0 fully saturated rings. The average molecular weight is 347 g/mol. The lowest BCUT2D eigenvalue weighted by atomic mass is 10.1. The van der Waals surface area contributed by atoms with Crippen LogP contribution in [0.5, 0.6) is 0 Å². The minimum atomic E-state index is -0.836. The first kappa shape index (κ1) is 16.8. The number of allylic oxidation sites excluding steroid dienone is 1. The molecule has 3 rings (SSSR count). The molecule has 0 unspecified atom stereocenters. The van der Waals surface area contributed by atoms with Gasteiger partial charge in [0.1, 0.15) is 23.0 Å². The Morgan fingerprint density at radius 2 is 1.80 bits per heavy atom. The number of benzene rings is 1. The highest BCUT2D eigenvalue weighted by Crippen LogP contribution is 2.27. The van der Waals surface area contributed by atoms with Crippen LogP contribution in [-0.4, -0.2) is 14.9 Å². The summed E-state index contributed by atoms with van der Waals surface area (Å²) < 4.78 is 29.8. The van der Waals surface area contributed by atoms with Gasteiger partial charge in [-0.3, -0.25) is 18.7 Å². The van der Waals surface area contributed by atoms with E-state index in [9.17, 15) is 23.2 Å². The van der Waals surface area contributed by atoms with Crippen LogP contribution in [0.15, 0.2) is 33.5 Å². The summed E-state index contributed by atoms with van der Waals surface area (Å²) in [6.07, 6.45) is 1.61. The van der Waals surface area contributed by atoms with Crippen molar-refractivity contribution in [3.8, 4) is 0 Å². The molecule has 1 aliphatic rings. The van der Waals surface area contributed by atoms with Crippen LogP contribution in [0.25, 0.3) is 6.08 Å². The van der Waals surface area contributed by atoms with Crippen LogP contribution in [0.4, 0.5) is 14.6 Å². The zero-order valence-electron chi connectivity index (χ0n) is 13.6. The molecule has 130 valence electrons. The Morgan fingerprint density at radius 3 is 2.40 bits per heavy atom. The number of anilines is 1. The van der Waals surface area contributed by atoms with Gasteiger partial charge >= 0.3 is 5.69 Å². The molecule has 0 radical (unpaired) electrons. The van der Waals surface area contributed by atoms with Gasteiger partial charge in [-0.1, -0.05) is 13.0 Å². The fourth-order valence-corrected chi connectivity index (χ4v) is 2.75. The first-order chi connectivity index (χ1) is 11.9. The molecule has 2 aromatic rings. The standard InChI is InChI=1S/C17H15F2N3O3/c1-3-7-22-15-13(16(24)21(2)17(22)25)14(23)12(20-15)8-9-10(18)5-4-6-11(9)19/h4-6,8,20H,3,7H2,1-2H3/b12-8-. The minimum absolute atomic E-state index is 0.0583. The largest absolute Gasteiger partial charge is 0.338 e. The van der Waals surface area contributed by atoms with E-state index < -0.39 is 34.2 Å². The number of halogens is 2. The van der Waals surface area contributed by atoms with Gasteiger partial charge in [0.2, 0.25) is 5.78 Å². The van der Waals surface area contributed by atoms with Crippen molar-refractivity contribution in [1.29, 1.82) is 0 Å². The zero-order chi connectivity index (χ0) is 18.3. The number of hydrogen-bond donors (Lipinski definition) is 1. The van der Waals surface area contributed by atoms with Crippen molar-refractivity contribution in [3.05, 3.63) is 67.5 Å². The summed E-state index contributed by atoms with van der Waals surface area (Å²) in [6.45, 7) is 2.13. The second-order valence-corrected chi connectivity index (χ2v) is 5.67. The highest BCUT2D eigenvalue weighted by atomic mass is 19.1. The number of hydrogen-bond acceptors (Lipinski definition) is 4. The smallest absolute Gasteiger partial charge is 0.332 e. The van der Waals surface area contributed by atoms with E-state index in [1.54, 1.807) is 0 Å². The number of nitrogens with zero attached hydrogens (tertiary/aromatic N) is 2. The molecule has 2 heterocycles. The lowest BCUT2D eigenvalue weighted by Gasteiger charge is -2.11. The first-order valence-electron chi connectivity index (χ1n) is 7.68. The molecule has 6 nitrogen and oxygen atoms in total. The topological polar surface area (TPSA) is 73.1 Å². The third kappa shape index (κ3) is 2.59. The van der Waals surface area contributed by atoms with Crippen LogP contribution in [0.2, 0.25) is 0 Å². The quantitative estimate of drug-likeness (QED) is 0.861. The van der Waals surface area contributed by atoms with Crippen molar-refractivity contribution in [3.63, 3.8) is 0 Å². The molecule has 0 aliphatic carbocycles. The van der Waals surface area contributed by atoms with Gasteiger partial charge in [0.15, 0.2) is 0 Å². The number of Topliss-reactive ketones (excluding diaryl/α,β-unsaturated/α-hetero) is 1. The Bertz CT molecular complexity index is 1010. The summed E-state index contributed by atoms with van der Waals surface area (Å²) >= 11 is 0. The van der Waals surface area contributed by atoms with E-state index in [0.29, 0.717) is 6.42 Å². The minimum Gasteiger partial charge on any atom is -0.338 e. The molecule has 0 atom stereocenters. The van der Waals surface area contributed by atoms with Crippen LogP contribution in [0.3, 0.4) is 0 Å². The molecule has 0 spiro atoms. The van der Waals surface area contributed by atoms with Gasteiger partial charge in [0.05, 0.1) is 5.70 Å². The molecular weight excluding hydrogens is 332 g/mol. The Hall–Kier alpha value is -3.03. The van der Waals surface area contributed by atoms with E-state index in [-0.39, 0.29) is 23.6 Å². The Balaban J connectivity index is 2.21. The van der Waals surface area contributed by atoms with Gasteiger partial charge in [0.25, 0.3) is 5.56 Å². The summed E-state index contributed by atoms with van der Waals surface area (Å²) in [4.78, 5) is 37.1. The molecule has 1 aliphatic heterocycles. The molecule has 0 saturated carbocycles. The SMILES string of the molecule is CCCn1c2c(c(=O)n(C)c1=O)C(=O)/C(=C/c1c(F)cccc1F)N2. The average Bonchev–Trinajstić information content (AvgIpc) is 2.90. The Morgan fingerprint density at radius 1 is 1.16 bits per heavy atom. The first-order valence-corrected chi connectivity index (χ1v) is 7.68. The predicted octanol–water partition coefficient (Wildman–Crippen LogP) is 1.88. The monoisotopic (exact) mass is 347 g/mol. The van der Waals surface area contributed by atoms with Gasteiger partial charge in [-0.25, -0.2) is 13.6 Å². The predicted molar refractivity (Wildman–Crippen MR) is 88.5 cm³/mol. The second kappa shape index (κ2) is 6.12. The van der Waals surface area contributed by atoms with Crippen molar-refractivity contribution in [1.82, 2.24) is 9.13 Å². The van der Waals surface area contributed by atoms with E-state index in [2.05, 4.69) is 5.32 Å². The highest BCUT2D eigenvalue weighted by molar-refractivity contribution is 6.19. The van der Waals surface area contributed by atoms with Gasteiger partial charge < -0.3 is 5.32 Å². The van der Waals surface area contributed by atoms with Gasteiger partial charge in [-0.2, -0.15) is 0 Å². The van der Waals surface area contributed by atoms with E-state index in [4.69, 9.17) is 0 Å². The highest BCUT2D eigenvalue weighted by Gasteiger charge is 2.32. The van der Waals surface area contributed by atoms with Gasteiger partial charge in [-0.15, -0.1) is 0 Å². The summed E-state index contributed by atoms with van der Waals surface area (Å²) in [6, 6.07) is 3.34. The molecule has 1 N–H and O–H groups in total. The van der Waals surface area contributed by atoms with Crippen LogP contribution in [-0.2, 0) is 13.6 Å². The van der Waals surface area contributed by atoms with E-state index >= 15 is 0 Å². The molecule has 0 amide bonds. The number of carbonyl (C=O) groups excluding carboxylic acids is 1. The maximum atomic E-state index is 13.8. The molecule has 0 bridgehead atoms. The van der Waals surface area contributed by atoms with E-state index in [1.165, 1.54) is 17.7 Å². The van der Waals surface area contributed by atoms with Gasteiger partial charge in [0, 0.05) is 19.2 Å². The maximum Gasteiger partial charge on any atom is 0.332 e. The second-order valence-electron chi connectivity index (χ2n) is 5.67. The van der Waals surface area contributed by atoms with Crippen LogP contribution < -0.4 is 16.6 Å². The number of fused-ring (bicyclic) bond motifs is 1. The fourth-order valence-electron chi connectivity index (χ4n) is 2.75. The summed E-state index contributed by atoms with van der Waals surface area (Å²) in [5, 5.41) is 2.68.